The zero-order valence-corrected chi connectivity index (χ0v) is 15.9. The number of ether oxygens (including phenoxy) is 3. The van der Waals surface area contributed by atoms with Gasteiger partial charge in [-0.15, -0.1) is 0 Å². The highest BCUT2D eigenvalue weighted by molar-refractivity contribution is 5.73. The summed E-state index contributed by atoms with van der Waals surface area (Å²) in [6, 6.07) is -2.59. The largest absolute Gasteiger partial charge is 0.394 e. The van der Waals surface area contributed by atoms with Gasteiger partial charge < -0.3 is 55.5 Å². The third-order valence-electron chi connectivity index (χ3n) is 4.78. The molecule has 0 radical (unpaired) electrons. The van der Waals surface area contributed by atoms with E-state index in [0.717, 1.165) is 13.8 Å². The molecule has 0 saturated carbocycles. The maximum absolute atomic E-state index is 11.5. The lowest BCUT2D eigenvalue weighted by Crippen LogP contribution is -2.69. The summed E-state index contributed by atoms with van der Waals surface area (Å²) in [6.07, 6.45) is -11.8. The van der Waals surface area contributed by atoms with Gasteiger partial charge in [0.25, 0.3) is 0 Å². The number of hydrogen-bond acceptors (Lipinski definition) is 11. The molecule has 2 fully saturated rings. The van der Waals surface area contributed by atoms with E-state index >= 15 is 0 Å². The molecule has 0 unspecified atom stereocenters. The van der Waals surface area contributed by atoms with E-state index in [0.29, 0.717) is 0 Å². The molecule has 13 nitrogen and oxygen atoms in total. The topological polar surface area (TPSA) is 207 Å². The Morgan fingerprint density at radius 2 is 1.34 bits per heavy atom. The van der Waals surface area contributed by atoms with E-state index in [9.17, 15) is 40.2 Å². The van der Waals surface area contributed by atoms with Crippen LogP contribution in [0.4, 0.5) is 0 Å². The fraction of sp³-hybridized carbons (Fsp3) is 0.875. The summed E-state index contributed by atoms with van der Waals surface area (Å²) in [5.74, 6) is -1.16. The van der Waals surface area contributed by atoms with Gasteiger partial charge in [-0.1, -0.05) is 0 Å². The second-order valence-electron chi connectivity index (χ2n) is 7.00. The van der Waals surface area contributed by atoms with Crippen LogP contribution >= 0.6 is 0 Å². The summed E-state index contributed by atoms with van der Waals surface area (Å²) in [7, 11) is 0. The van der Waals surface area contributed by atoms with Crippen molar-refractivity contribution < 1.29 is 54.4 Å². The van der Waals surface area contributed by atoms with Gasteiger partial charge in [0.05, 0.1) is 13.2 Å². The van der Waals surface area contributed by atoms with Crippen molar-refractivity contribution in [3.63, 3.8) is 0 Å². The Bertz CT molecular complexity index is 579. The summed E-state index contributed by atoms with van der Waals surface area (Å²) >= 11 is 0. The molecule has 2 heterocycles. The maximum Gasteiger partial charge on any atom is 0.217 e. The van der Waals surface area contributed by atoms with Gasteiger partial charge in [-0.3, -0.25) is 9.59 Å². The van der Waals surface area contributed by atoms with Gasteiger partial charge in [-0.05, 0) is 0 Å². The van der Waals surface area contributed by atoms with E-state index < -0.39 is 86.3 Å². The molecular weight excluding hydrogens is 396 g/mol. The number of aliphatic hydroxyl groups is 6. The van der Waals surface area contributed by atoms with Crippen molar-refractivity contribution in [3.05, 3.63) is 0 Å². The molecule has 0 spiro atoms. The lowest BCUT2D eigenvalue weighted by molar-refractivity contribution is -0.323. The monoisotopic (exact) mass is 424 g/mol. The van der Waals surface area contributed by atoms with Gasteiger partial charge in [-0.25, -0.2) is 0 Å². The van der Waals surface area contributed by atoms with Crippen LogP contribution in [-0.2, 0) is 23.8 Å². The fourth-order valence-corrected chi connectivity index (χ4v) is 3.38. The minimum atomic E-state index is -1.66. The van der Waals surface area contributed by atoms with Crippen molar-refractivity contribution in [2.24, 2.45) is 0 Å². The van der Waals surface area contributed by atoms with Gasteiger partial charge in [0.2, 0.25) is 11.8 Å². The van der Waals surface area contributed by atoms with Crippen molar-refractivity contribution in [1.29, 1.82) is 0 Å². The van der Waals surface area contributed by atoms with Crippen LogP contribution in [-0.4, -0.2) is 117 Å². The molecule has 2 rings (SSSR count). The number of rotatable bonds is 6. The molecule has 2 saturated heterocycles. The third kappa shape index (κ3) is 5.39. The Morgan fingerprint density at radius 1 is 0.828 bits per heavy atom. The molecule has 0 aromatic heterocycles. The molecule has 2 aliphatic heterocycles. The van der Waals surface area contributed by atoms with Crippen molar-refractivity contribution in [3.8, 4) is 0 Å². The molecule has 10 atom stereocenters. The van der Waals surface area contributed by atoms with Gasteiger partial charge in [0, 0.05) is 13.8 Å². The summed E-state index contributed by atoms with van der Waals surface area (Å²) in [4.78, 5) is 23.0. The lowest BCUT2D eigenvalue weighted by atomic mass is 9.94. The first-order valence-corrected chi connectivity index (χ1v) is 9.05. The number of carbonyl (C=O) groups excluding carboxylic acids is 2. The first-order valence-electron chi connectivity index (χ1n) is 9.05. The Hall–Kier alpha value is -1.42. The first kappa shape index (κ1) is 23.9. The van der Waals surface area contributed by atoms with Crippen molar-refractivity contribution in [1.82, 2.24) is 10.6 Å². The molecule has 13 heteroatoms. The summed E-state index contributed by atoms with van der Waals surface area (Å²) in [5, 5.41) is 64.5. The Morgan fingerprint density at radius 3 is 1.86 bits per heavy atom. The number of amides is 2. The van der Waals surface area contributed by atoms with Crippen LogP contribution in [0.5, 0.6) is 0 Å². The summed E-state index contributed by atoms with van der Waals surface area (Å²) in [6.45, 7) is 0.959. The standard InChI is InChI=1S/C16H28N2O11/c1-5(21)17-9-13(25)11(23)7(3-19)28-16(9)29-14-10(18-6(2)22)15(26)27-8(4-20)12(14)24/h7-16,19-20,23-26H,3-4H2,1-2H3,(H,17,21)(H,18,22)/t7-,8+,9+,10-,11-,12-,13-,14+,15+,16+/m1/s1. The molecule has 2 aliphatic rings. The van der Waals surface area contributed by atoms with Crippen molar-refractivity contribution in [2.75, 3.05) is 13.2 Å². The van der Waals surface area contributed by atoms with Crippen molar-refractivity contribution in [2.45, 2.75) is 75.1 Å². The van der Waals surface area contributed by atoms with Crippen LogP contribution < -0.4 is 10.6 Å². The van der Waals surface area contributed by atoms with Gasteiger partial charge >= 0.3 is 0 Å². The van der Waals surface area contributed by atoms with E-state index in [1.807, 2.05) is 0 Å². The van der Waals surface area contributed by atoms with Crippen LogP contribution in [0.3, 0.4) is 0 Å². The second-order valence-corrected chi connectivity index (χ2v) is 7.00. The first-order chi connectivity index (χ1) is 13.6. The smallest absolute Gasteiger partial charge is 0.217 e. The zero-order chi connectivity index (χ0) is 21.9. The molecular formula is C16H28N2O11. The molecule has 0 aliphatic carbocycles. The number of hydrogen-bond donors (Lipinski definition) is 8. The highest BCUT2D eigenvalue weighted by Crippen LogP contribution is 2.28. The van der Waals surface area contributed by atoms with E-state index in [4.69, 9.17) is 14.2 Å². The van der Waals surface area contributed by atoms with E-state index in [2.05, 4.69) is 10.6 Å². The van der Waals surface area contributed by atoms with Gasteiger partial charge in [0.1, 0.15) is 48.7 Å². The SMILES string of the molecule is CC(=O)N[C@@H]1[C@H](O[C@@H]2[C@H](O)[C@H](CO)O[C@H](O)[C@@H]2NC(C)=O)O[C@H](CO)[C@@H](O)[C@@H]1O. The summed E-state index contributed by atoms with van der Waals surface area (Å²) < 4.78 is 16.2. The predicted molar refractivity (Wildman–Crippen MR) is 91.8 cm³/mol. The Balaban J connectivity index is 2.31. The minimum Gasteiger partial charge on any atom is -0.394 e. The quantitative estimate of drug-likeness (QED) is 0.202. The third-order valence-corrected chi connectivity index (χ3v) is 4.78. The molecule has 8 N–H and O–H groups in total. The Labute approximate surface area is 166 Å². The van der Waals surface area contributed by atoms with Crippen LogP contribution in [0.2, 0.25) is 0 Å². The van der Waals surface area contributed by atoms with E-state index in [-0.39, 0.29) is 0 Å². The summed E-state index contributed by atoms with van der Waals surface area (Å²) in [5.41, 5.74) is 0. The number of carbonyl (C=O) groups is 2. The minimum absolute atomic E-state index is 0.576. The molecule has 29 heavy (non-hydrogen) atoms. The predicted octanol–water partition coefficient (Wildman–Crippen LogP) is -5.11. The van der Waals surface area contributed by atoms with Crippen molar-refractivity contribution >= 4 is 11.8 Å². The van der Waals surface area contributed by atoms with E-state index in [1.54, 1.807) is 0 Å². The average Bonchev–Trinajstić information content (AvgIpc) is 2.65. The maximum atomic E-state index is 11.5. The Kier molecular flexibility index (Phi) is 8.28. The molecule has 2 amide bonds. The molecule has 0 aromatic rings. The van der Waals surface area contributed by atoms with Crippen LogP contribution in [0.15, 0.2) is 0 Å². The highest BCUT2D eigenvalue weighted by atomic mass is 16.7. The van der Waals surface area contributed by atoms with Gasteiger partial charge in [0.15, 0.2) is 12.6 Å². The highest BCUT2D eigenvalue weighted by Gasteiger charge is 2.51. The average molecular weight is 424 g/mol. The fourth-order valence-electron chi connectivity index (χ4n) is 3.38. The van der Waals surface area contributed by atoms with Crippen LogP contribution in [0.25, 0.3) is 0 Å². The second kappa shape index (κ2) is 10.1. The van der Waals surface area contributed by atoms with Crippen LogP contribution in [0, 0.1) is 0 Å². The number of aliphatic hydroxyl groups excluding tert-OH is 6. The lowest BCUT2D eigenvalue weighted by Gasteiger charge is -2.47. The van der Waals surface area contributed by atoms with E-state index in [1.165, 1.54) is 0 Å². The normalized spacial score (nSPS) is 42.9. The molecule has 0 bridgehead atoms. The van der Waals surface area contributed by atoms with Gasteiger partial charge in [-0.2, -0.15) is 0 Å². The zero-order valence-electron chi connectivity index (χ0n) is 15.9. The van der Waals surface area contributed by atoms with Crippen LogP contribution in [0.1, 0.15) is 13.8 Å². The molecule has 168 valence electrons. The molecule has 0 aromatic carbocycles. The number of nitrogens with one attached hydrogen (secondary N) is 2.